The van der Waals surface area contributed by atoms with Crippen LogP contribution in [0.4, 0.5) is 0 Å². The van der Waals surface area contributed by atoms with Crippen LogP contribution < -0.4 is 4.74 Å². The number of ether oxygens (including phenoxy) is 1. The molecular weight excluding hydrogens is 306 g/mol. The fraction of sp³-hybridized carbons (Fsp3) is 0.556. The van der Waals surface area contributed by atoms with E-state index in [0.29, 0.717) is 18.3 Å². The first-order valence-electron chi connectivity index (χ1n) is 8.41. The summed E-state index contributed by atoms with van der Waals surface area (Å²) in [5.74, 6) is 0.577. The van der Waals surface area contributed by atoms with E-state index in [1.807, 2.05) is 56.3 Å². The van der Waals surface area contributed by atoms with Crippen molar-refractivity contribution in [3.8, 4) is 5.75 Å². The quantitative estimate of drug-likeness (QED) is 0.820. The second-order valence-corrected chi connectivity index (χ2v) is 6.82. The molecule has 2 saturated heterocycles. The number of benzene rings is 1. The Balaban J connectivity index is 1.63. The number of rotatable bonds is 4. The molecule has 0 bridgehead atoms. The first-order valence-corrected chi connectivity index (χ1v) is 8.41. The van der Waals surface area contributed by atoms with Crippen molar-refractivity contribution in [2.45, 2.75) is 31.5 Å². The molecule has 6 heteroatoms. The number of carbonyl (C=O) groups excluding carboxylic acids is 2. The molecule has 6 nitrogen and oxygen atoms in total. The summed E-state index contributed by atoms with van der Waals surface area (Å²) in [6, 6.07) is 9.32. The van der Waals surface area contributed by atoms with Gasteiger partial charge in [-0.2, -0.15) is 0 Å². The lowest BCUT2D eigenvalue weighted by Gasteiger charge is -2.41. The van der Waals surface area contributed by atoms with Gasteiger partial charge in [-0.05, 0) is 39.6 Å². The summed E-state index contributed by atoms with van der Waals surface area (Å²) in [6.07, 6.45) is 0.911. The molecule has 0 aromatic heterocycles. The molecule has 0 N–H and O–H groups in total. The molecule has 0 spiro atoms. The first-order chi connectivity index (χ1) is 11.5. The van der Waals surface area contributed by atoms with Gasteiger partial charge in [-0.15, -0.1) is 0 Å². The third-order valence-electron chi connectivity index (χ3n) is 5.06. The number of nitrogens with zero attached hydrogens (tertiary/aromatic N) is 3. The van der Waals surface area contributed by atoms with Gasteiger partial charge in [0.1, 0.15) is 11.8 Å². The van der Waals surface area contributed by atoms with Gasteiger partial charge in [-0.25, -0.2) is 0 Å². The molecule has 130 valence electrons. The van der Waals surface area contributed by atoms with Crippen LogP contribution in [0.3, 0.4) is 0 Å². The number of para-hydroxylation sites is 1. The molecule has 0 unspecified atom stereocenters. The summed E-state index contributed by atoms with van der Waals surface area (Å²) in [5.41, 5.74) is 0. The van der Waals surface area contributed by atoms with Crippen molar-refractivity contribution in [1.82, 2.24) is 14.7 Å². The molecular formula is C18H25N3O3. The maximum absolute atomic E-state index is 12.6. The number of amides is 2. The van der Waals surface area contributed by atoms with Crippen LogP contribution in [0.25, 0.3) is 0 Å². The van der Waals surface area contributed by atoms with Gasteiger partial charge in [0.15, 0.2) is 6.61 Å². The number of fused-ring (bicyclic) bond motifs is 1. The Hall–Kier alpha value is -2.08. The second kappa shape index (κ2) is 6.81. The largest absolute Gasteiger partial charge is 0.484 e. The highest BCUT2D eigenvalue weighted by molar-refractivity contribution is 5.89. The molecule has 0 aliphatic carbocycles. The van der Waals surface area contributed by atoms with Crippen LogP contribution in [0.2, 0.25) is 0 Å². The van der Waals surface area contributed by atoms with E-state index in [1.165, 1.54) is 0 Å². The normalized spacial score (nSPS) is 26.7. The SMILES string of the molecule is C[C@H]1C(=O)N2C[C@@H](N(C)C)C[C@H]2CN1C(=O)COc1ccccc1. The Kier molecular flexibility index (Phi) is 4.76. The van der Waals surface area contributed by atoms with Crippen molar-refractivity contribution in [2.75, 3.05) is 33.8 Å². The highest BCUT2D eigenvalue weighted by Gasteiger charge is 2.45. The van der Waals surface area contributed by atoms with Crippen molar-refractivity contribution in [1.29, 1.82) is 0 Å². The highest BCUT2D eigenvalue weighted by Crippen LogP contribution is 2.28. The summed E-state index contributed by atoms with van der Waals surface area (Å²) in [5, 5.41) is 0. The van der Waals surface area contributed by atoms with Gasteiger partial charge in [0.2, 0.25) is 5.91 Å². The van der Waals surface area contributed by atoms with Crippen molar-refractivity contribution < 1.29 is 14.3 Å². The zero-order valence-electron chi connectivity index (χ0n) is 14.5. The van der Waals surface area contributed by atoms with E-state index in [1.54, 1.807) is 4.90 Å². The molecule has 2 amide bonds. The molecule has 0 saturated carbocycles. The van der Waals surface area contributed by atoms with E-state index in [0.717, 1.165) is 13.0 Å². The van der Waals surface area contributed by atoms with Crippen LogP contribution in [0, 0.1) is 0 Å². The van der Waals surface area contributed by atoms with E-state index >= 15 is 0 Å². The van der Waals surface area contributed by atoms with Crippen LogP contribution in [0.5, 0.6) is 5.75 Å². The van der Waals surface area contributed by atoms with Gasteiger partial charge in [0.25, 0.3) is 5.91 Å². The topological polar surface area (TPSA) is 53.1 Å². The molecule has 2 aliphatic heterocycles. The second-order valence-electron chi connectivity index (χ2n) is 6.82. The summed E-state index contributed by atoms with van der Waals surface area (Å²) < 4.78 is 5.55. The monoisotopic (exact) mass is 331 g/mol. The molecule has 0 radical (unpaired) electrons. The van der Waals surface area contributed by atoms with Crippen LogP contribution in [0.15, 0.2) is 30.3 Å². The van der Waals surface area contributed by atoms with Crippen LogP contribution in [0.1, 0.15) is 13.3 Å². The molecule has 2 heterocycles. The smallest absolute Gasteiger partial charge is 0.261 e. The van der Waals surface area contributed by atoms with Gasteiger partial charge in [0.05, 0.1) is 6.04 Å². The van der Waals surface area contributed by atoms with Crippen LogP contribution >= 0.6 is 0 Å². The minimum Gasteiger partial charge on any atom is -0.484 e. The number of piperazine rings is 1. The molecule has 3 atom stereocenters. The molecule has 1 aromatic carbocycles. The van der Waals surface area contributed by atoms with E-state index in [2.05, 4.69) is 4.90 Å². The highest BCUT2D eigenvalue weighted by atomic mass is 16.5. The fourth-order valence-corrected chi connectivity index (χ4v) is 3.53. The van der Waals surface area contributed by atoms with Crippen LogP contribution in [-0.2, 0) is 9.59 Å². The fourth-order valence-electron chi connectivity index (χ4n) is 3.53. The Bertz CT molecular complexity index is 605. The lowest BCUT2D eigenvalue weighted by Crippen LogP contribution is -2.60. The molecule has 1 aromatic rings. The van der Waals surface area contributed by atoms with Crippen LogP contribution in [-0.4, -0.2) is 78.4 Å². The number of carbonyl (C=O) groups is 2. The maximum Gasteiger partial charge on any atom is 0.261 e. The van der Waals surface area contributed by atoms with Gasteiger partial charge in [-0.3, -0.25) is 9.59 Å². The summed E-state index contributed by atoms with van der Waals surface area (Å²) in [4.78, 5) is 31.0. The van der Waals surface area contributed by atoms with Crippen molar-refractivity contribution >= 4 is 11.8 Å². The van der Waals surface area contributed by atoms with Crippen molar-refractivity contribution in [3.05, 3.63) is 30.3 Å². The lowest BCUT2D eigenvalue weighted by atomic mass is 10.1. The lowest BCUT2D eigenvalue weighted by molar-refractivity contribution is -0.153. The summed E-state index contributed by atoms with van der Waals surface area (Å²) in [6.45, 7) is 3.12. The van der Waals surface area contributed by atoms with Gasteiger partial charge >= 0.3 is 0 Å². The number of hydrogen-bond donors (Lipinski definition) is 0. The Morgan fingerprint density at radius 3 is 2.62 bits per heavy atom. The summed E-state index contributed by atoms with van der Waals surface area (Å²) in [7, 11) is 4.07. The average molecular weight is 331 g/mol. The molecule has 24 heavy (non-hydrogen) atoms. The Morgan fingerprint density at radius 1 is 1.25 bits per heavy atom. The number of likely N-dealkylation sites (N-methyl/N-ethyl adjacent to an activating group) is 1. The van der Waals surface area contributed by atoms with Crippen molar-refractivity contribution in [2.24, 2.45) is 0 Å². The maximum atomic E-state index is 12.6. The predicted octanol–water partition coefficient (Wildman–Crippen LogP) is 0.827. The van der Waals surface area contributed by atoms with Gasteiger partial charge < -0.3 is 19.4 Å². The molecule has 2 aliphatic rings. The zero-order chi connectivity index (χ0) is 17.3. The van der Waals surface area contributed by atoms with E-state index < -0.39 is 6.04 Å². The first kappa shape index (κ1) is 16.8. The number of hydrogen-bond acceptors (Lipinski definition) is 4. The van der Waals surface area contributed by atoms with Gasteiger partial charge in [-0.1, -0.05) is 18.2 Å². The minimum absolute atomic E-state index is 0.0362. The third-order valence-corrected chi connectivity index (χ3v) is 5.06. The Morgan fingerprint density at radius 2 is 1.96 bits per heavy atom. The van der Waals surface area contributed by atoms with E-state index in [-0.39, 0.29) is 24.5 Å². The standard InChI is InChI=1S/C18H25N3O3/c1-13-18(23)21-10-14(19(2)3)9-15(21)11-20(13)17(22)12-24-16-7-5-4-6-8-16/h4-8,13-15H,9-12H2,1-3H3/t13-,14-,15-/m0/s1. The minimum atomic E-state index is -0.422. The zero-order valence-corrected chi connectivity index (χ0v) is 14.5. The third kappa shape index (κ3) is 3.24. The molecule has 2 fully saturated rings. The average Bonchev–Trinajstić information content (AvgIpc) is 3.01. The van der Waals surface area contributed by atoms with Gasteiger partial charge in [0, 0.05) is 19.1 Å². The summed E-state index contributed by atoms with van der Waals surface area (Å²) >= 11 is 0. The predicted molar refractivity (Wildman–Crippen MR) is 90.7 cm³/mol. The van der Waals surface area contributed by atoms with Crippen molar-refractivity contribution in [3.63, 3.8) is 0 Å². The van der Waals surface area contributed by atoms with E-state index in [9.17, 15) is 9.59 Å². The molecule has 3 rings (SSSR count). The van der Waals surface area contributed by atoms with E-state index in [4.69, 9.17) is 4.74 Å². The Labute approximate surface area is 143 Å².